The SMILES string of the molecule is Cc1noc(CCN=C(N)C(C)(C)C)n1. The third kappa shape index (κ3) is 3.69. The van der Waals surface area contributed by atoms with E-state index < -0.39 is 0 Å². The molecule has 0 spiro atoms. The zero-order valence-corrected chi connectivity index (χ0v) is 9.74. The van der Waals surface area contributed by atoms with Gasteiger partial charge in [-0.25, -0.2) is 0 Å². The second-order valence-electron chi connectivity index (χ2n) is 4.50. The Morgan fingerprint density at radius 2 is 2.13 bits per heavy atom. The van der Waals surface area contributed by atoms with Crippen LogP contribution in [0.5, 0.6) is 0 Å². The number of aromatic nitrogens is 2. The second kappa shape index (κ2) is 4.42. The number of rotatable bonds is 3. The fourth-order valence-corrected chi connectivity index (χ4v) is 0.951. The van der Waals surface area contributed by atoms with Gasteiger partial charge in [0.1, 0.15) is 0 Å². The van der Waals surface area contributed by atoms with Gasteiger partial charge in [-0.05, 0) is 6.92 Å². The first kappa shape index (κ1) is 11.7. The van der Waals surface area contributed by atoms with E-state index in [1.54, 1.807) is 6.92 Å². The Kier molecular flexibility index (Phi) is 3.44. The summed E-state index contributed by atoms with van der Waals surface area (Å²) >= 11 is 0. The summed E-state index contributed by atoms with van der Waals surface area (Å²) in [5.74, 6) is 1.91. The zero-order valence-electron chi connectivity index (χ0n) is 9.74. The number of hydrogen-bond donors (Lipinski definition) is 1. The molecule has 2 N–H and O–H groups in total. The fraction of sp³-hybridized carbons (Fsp3) is 0.700. The highest BCUT2D eigenvalue weighted by Crippen LogP contribution is 2.12. The number of nitrogens with zero attached hydrogens (tertiary/aromatic N) is 3. The lowest BCUT2D eigenvalue weighted by Gasteiger charge is -2.16. The van der Waals surface area contributed by atoms with E-state index in [2.05, 4.69) is 15.1 Å². The molecule has 0 amide bonds. The molecule has 15 heavy (non-hydrogen) atoms. The summed E-state index contributed by atoms with van der Waals surface area (Å²) in [5, 5.41) is 3.70. The molecule has 0 unspecified atom stereocenters. The first-order valence-electron chi connectivity index (χ1n) is 4.99. The minimum absolute atomic E-state index is 0.0786. The molecule has 0 aliphatic heterocycles. The van der Waals surface area contributed by atoms with Crippen LogP contribution in [-0.2, 0) is 6.42 Å². The van der Waals surface area contributed by atoms with Gasteiger partial charge < -0.3 is 10.3 Å². The summed E-state index contributed by atoms with van der Waals surface area (Å²) in [6.45, 7) is 8.47. The van der Waals surface area contributed by atoms with E-state index in [1.807, 2.05) is 20.8 Å². The Balaban J connectivity index is 2.45. The fourth-order valence-electron chi connectivity index (χ4n) is 0.951. The van der Waals surface area contributed by atoms with Crippen molar-refractivity contribution < 1.29 is 4.52 Å². The van der Waals surface area contributed by atoms with E-state index in [-0.39, 0.29) is 5.41 Å². The van der Waals surface area contributed by atoms with E-state index >= 15 is 0 Å². The van der Waals surface area contributed by atoms with Crippen molar-refractivity contribution in [1.29, 1.82) is 0 Å². The van der Waals surface area contributed by atoms with Crippen LogP contribution in [0.3, 0.4) is 0 Å². The maximum atomic E-state index is 5.80. The standard InChI is InChI=1S/C10H18N4O/c1-7-13-8(15-14-7)5-6-12-9(11)10(2,3)4/h5-6H2,1-4H3,(H2,11,12). The monoisotopic (exact) mass is 210 g/mol. The van der Waals surface area contributed by atoms with Crippen LogP contribution < -0.4 is 5.73 Å². The van der Waals surface area contributed by atoms with Crippen molar-refractivity contribution in [2.75, 3.05) is 6.54 Å². The van der Waals surface area contributed by atoms with E-state index in [9.17, 15) is 0 Å². The average Bonchev–Trinajstić information content (AvgIpc) is 2.49. The molecule has 5 heteroatoms. The lowest BCUT2D eigenvalue weighted by atomic mass is 9.95. The van der Waals surface area contributed by atoms with Gasteiger partial charge in [-0.3, -0.25) is 4.99 Å². The summed E-state index contributed by atoms with van der Waals surface area (Å²) in [6, 6.07) is 0. The highest BCUT2D eigenvalue weighted by atomic mass is 16.5. The van der Waals surface area contributed by atoms with Crippen LogP contribution in [0.2, 0.25) is 0 Å². The molecule has 5 nitrogen and oxygen atoms in total. The number of aliphatic imine (C=N–C) groups is 1. The summed E-state index contributed by atoms with van der Waals surface area (Å²) in [4.78, 5) is 8.35. The van der Waals surface area contributed by atoms with Gasteiger partial charge in [-0.2, -0.15) is 4.98 Å². The van der Waals surface area contributed by atoms with Gasteiger partial charge in [0.05, 0.1) is 5.84 Å². The summed E-state index contributed by atoms with van der Waals surface area (Å²) in [5.41, 5.74) is 5.72. The topological polar surface area (TPSA) is 77.3 Å². The average molecular weight is 210 g/mol. The van der Waals surface area contributed by atoms with Gasteiger partial charge in [0.25, 0.3) is 0 Å². The van der Waals surface area contributed by atoms with Gasteiger partial charge in [-0.1, -0.05) is 25.9 Å². The van der Waals surface area contributed by atoms with Gasteiger partial charge in [0, 0.05) is 18.4 Å². The Morgan fingerprint density at radius 3 is 2.60 bits per heavy atom. The van der Waals surface area contributed by atoms with Crippen molar-refractivity contribution in [2.45, 2.75) is 34.1 Å². The molecule has 84 valence electrons. The minimum Gasteiger partial charge on any atom is -0.387 e. The Morgan fingerprint density at radius 1 is 1.47 bits per heavy atom. The largest absolute Gasteiger partial charge is 0.387 e. The Hall–Kier alpha value is -1.39. The highest BCUT2D eigenvalue weighted by molar-refractivity contribution is 5.85. The first-order valence-corrected chi connectivity index (χ1v) is 4.99. The van der Waals surface area contributed by atoms with E-state index in [0.717, 1.165) is 0 Å². The van der Waals surface area contributed by atoms with E-state index in [0.29, 0.717) is 30.5 Å². The normalized spacial score (nSPS) is 13.2. The number of aryl methyl sites for hydroxylation is 1. The molecule has 0 radical (unpaired) electrons. The number of amidine groups is 1. The number of nitrogens with two attached hydrogens (primary N) is 1. The molecule has 1 heterocycles. The smallest absolute Gasteiger partial charge is 0.228 e. The minimum atomic E-state index is -0.0786. The molecule has 0 saturated carbocycles. The third-order valence-corrected chi connectivity index (χ3v) is 1.95. The quantitative estimate of drug-likeness (QED) is 0.603. The van der Waals surface area contributed by atoms with Gasteiger partial charge in [0.2, 0.25) is 5.89 Å². The molecule has 0 bridgehead atoms. The molecular formula is C10H18N4O. The van der Waals surface area contributed by atoms with Crippen LogP contribution in [0.25, 0.3) is 0 Å². The third-order valence-electron chi connectivity index (χ3n) is 1.95. The van der Waals surface area contributed by atoms with Crippen LogP contribution >= 0.6 is 0 Å². The number of hydrogen-bond acceptors (Lipinski definition) is 4. The van der Waals surface area contributed by atoms with Crippen LogP contribution in [0.1, 0.15) is 32.5 Å². The maximum Gasteiger partial charge on any atom is 0.228 e. The maximum absolute atomic E-state index is 5.80. The molecule has 1 aromatic heterocycles. The summed E-state index contributed by atoms with van der Waals surface area (Å²) in [6.07, 6.45) is 0.637. The molecule has 1 aromatic rings. The molecule has 0 atom stereocenters. The van der Waals surface area contributed by atoms with E-state index in [1.165, 1.54) is 0 Å². The summed E-state index contributed by atoms with van der Waals surface area (Å²) in [7, 11) is 0. The predicted molar refractivity (Wildman–Crippen MR) is 58.7 cm³/mol. The van der Waals surface area contributed by atoms with Crippen LogP contribution in [-0.4, -0.2) is 22.5 Å². The Labute approximate surface area is 89.8 Å². The summed E-state index contributed by atoms with van der Waals surface area (Å²) < 4.78 is 4.96. The molecule has 1 rings (SSSR count). The Bertz CT molecular complexity index is 349. The van der Waals surface area contributed by atoms with Gasteiger partial charge in [-0.15, -0.1) is 0 Å². The predicted octanol–water partition coefficient (Wildman–Crippen LogP) is 1.32. The lowest BCUT2D eigenvalue weighted by molar-refractivity contribution is 0.376. The van der Waals surface area contributed by atoms with Crippen LogP contribution in [0.15, 0.2) is 9.52 Å². The lowest BCUT2D eigenvalue weighted by Crippen LogP contribution is -2.29. The van der Waals surface area contributed by atoms with E-state index in [4.69, 9.17) is 10.3 Å². The molecule has 0 aliphatic rings. The van der Waals surface area contributed by atoms with Crippen molar-refractivity contribution in [3.8, 4) is 0 Å². The van der Waals surface area contributed by atoms with Crippen LogP contribution in [0, 0.1) is 12.3 Å². The molecule has 0 fully saturated rings. The van der Waals surface area contributed by atoms with Gasteiger partial charge in [0.15, 0.2) is 5.82 Å². The first-order chi connectivity index (χ1) is 6.89. The highest BCUT2D eigenvalue weighted by Gasteiger charge is 2.14. The van der Waals surface area contributed by atoms with Crippen molar-refractivity contribution in [1.82, 2.24) is 10.1 Å². The van der Waals surface area contributed by atoms with Gasteiger partial charge >= 0.3 is 0 Å². The van der Waals surface area contributed by atoms with Crippen LogP contribution in [0.4, 0.5) is 0 Å². The molecular weight excluding hydrogens is 192 g/mol. The second-order valence-corrected chi connectivity index (χ2v) is 4.50. The molecule has 0 aliphatic carbocycles. The zero-order chi connectivity index (χ0) is 11.5. The van der Waals surface area contributed by atoms with Crippen molar-refractivity contribution in [3.05, 3.63) is 11.7 Å². The molecule has 0 saturated heterocycles. The van der Waals surface area contributed by atoms with Crippen molar-refractivity contribution in [3.63, 3.8) is 0 Å². The van der Waals surface area contributed by atoms with Crippen molar-refractivity contribution in [2.24, 2.45) is 16.1 Å². The molecule has 0 aromatic carbocycles. The van der Waals surface area contributed by atoms with Crippen molar-refractivity contribution >= 4 is 5.84 Å².